The zero-order valence-electron chi connectivity index (χ0n) is 21.7. The van der Waals surface area contributed by atoms with Gasteiger partial charge in [-0.25, -0.2) is 8.91 Å². The van der Waals surface area contributed by atoms with Crippen molar-refractivity contribution in [1.82, 2.24) is 19.4 Å². The molecule has 1 amide bonds. The Morgan fingerprint density at radius 1 is 0.973 bits per heavy atom. The lowest BCUT2D eigenvalue weighted by atomic mass is 9.72. The van der Waals surface area contributed by atoms with Gasteiger partial charge in [-0.2, -0.15) is 5.10 Å². The number of hydrogen-bond acceptors (Lipinski definition) is 5. The van der Waals surface area contributed by atoms with E-state index >= 15 is 0 Å². The van der Waals surface area contributed by atoms with Crippen molar-refractivity contribution in [3.8, 4) is 11.1 Å². The summed E-state index contributed by atoms with van der Waals surface area (Å²) in [5, 5.41) is 4.56. The highest BCUT2D eigenvalue weighted by Crippen LogP contribution is 2.43. The fraction of sp³-hybridized carbons (Fsp3) is 0.517. The van der Waals surface area contributed by atoms with Crippen molar-refractivity contribution in [3.63, 3.8) is 0 Å². The van der Waals surface area contributed by atoms with Crippen LogP contribution >= 0.6 is 0 Å². The van der Waals surface area contributed by atoms with E-state index in [0.29, 0.717) is 31.0 Å². The first-order valence-corrected chi connectivity index (χ1v) is 13.6. The SMILES string of the molecule is CC(C)N1CC2(CN(c3ccc(-c4cc5c(N6CCN(C(=O)[C@H]7C[C@@H]7F)CC6)ccnn5c4)cc3)C2)C1. The minimum atomic E-state index is -0.931. The van der Waals surface area contributed by atoms with E-state index in [0.717, 1.165) is 42.9 Å². The number of aromatic nitrogens is 2. The van der Waals surface area contributed by atoms with Crippen molar-refractivity contribution in [2.45, 2.75) is 32.5 Å². The van der Waals surface area contributed by atoms with Crippen LogP contribution in [-0.2, 0) is 4.79 Å². The zero-order valence-corrected chi connectivity index (χ0v) is 21.7. The van der Waals surface area contributed by atoms with Gasteiger partial charge in [0.15, 0.2) is 0 Å². The average molecular weight is 503 g/mol. The third-order valence-electron chi connectivity index (χ3n) is 8.87. The van der Waals surface area contributed by atoms with Crippen molar-refractivity contribution in [3.05, 3.63) is 48.8 Å². The second-order valence-electron chi connectivity index (χ2n) is 11.8. The number of halogens is 1. The molecule has 3 aliphatic heterocycles. The number of hydrogen-bond donors (Lipinski definition) is 0. The summed E-state index contributed by atoms with van der Waals surface area (Å²) < 4.78 is 15.3. The lowest BCUT2D eigenvalue weighted by molar-refractivity contribution is -0.133. The normalized spacial score (nSPS) is 25.0. The number of nitrogens with zero attached hydrogens (tertiary/aromatic N) is 6. The Morgan fingerprint density at radius 2 is 1.68 bits per heavy atom. The number of benzene rings is 1. The number of likely N-dealkylation sites (tertiary alicyclic amines) is 1. The summed E-state index contributed by atoms with van der Waals surface area (Å²) >= 11 is 0. The Kier molecular flexibility index (Phi) is 5.26. The average Bonchev–Trinajstić information content (AvgIpc) is 3.42. The van der Waals surface area contributed by atoms with Gasteiger partial charge in [-0.1, -0.05) is 12.1 Å². The fourth-order valence-electron chi connectivity index (χ4n) is 6.44. The molecule has 1 aromatic carbocycles. The van der Waals surface area contributed by atoms with Gasteiger partial charge in [0.05, 0.1) is 17.1 Å². The van der Waals surface area contributed by atoms with Crippen LogP contribution in [0.5, 0.6) is 0 Å². The third-order valence-corrected chi connectivity index (χ3v) is 8.87. The number of carbonyl (C=O) groups is 1. The molecule has 1 aliphatic carbocycles. The number of rotatable bonds is 5. The lowest BCUT2D eigenvalue weighted by Crippen LogP contribution is -2.73. The van der Waals surface area contributed by atoms with Crippen LogP contribution in [-0.4, -0.2) is 89.9 Å². The van der Waals surface area contributed by atoms with E-state index in [1.54, 1.807) is 0 Å². The molecule has 2 atom stereocenters. The van der Waals surface area contributed by atoms with Crippen LogP contribution in [0.1, 0.15) is 20.3 Å². The van der Waals surface area contributed by atoms with Gasteiger partial charge in [0.2, 0.25) is 5.91 Å². The van der Waals surface area contributed by atoms with Crippen molar-refractivity contribution < 1.29 is 9.18 Å². The molecule has 7 rings (SSSR count). The Bertz CT molecular complexity index is 1310. The van der Waals surface area contributed by atoms with Gasteiger partial charge in [0, 0.05) is 87.5 Å². The van der Waals surface area contributed by atoms with Gasteiger partial charge in [0.25, 0.3) is 0 Å². The second-order valence-corrected chi connectivity index (χ2v) is 11.8. The zero-order chi connectivity index (χ0) is 25.3. The molecule has 2 aromatic heterocycles. The molecule has 4 fully saturated rings. The molecule has 7 nitrogen and oxygen atoms in total. The first kappa shape index (κ1) is 23.0. The number of piperazine rings is 1. The molecule has 0 radical (unpaired) electrons. The van der Waals surface area contributed by atoms with Gasteiger partial charge in [0.1, 0.15) is 6.17 Å². The molecule has 0 unspecified atom stereocenters. The number of carbonyl (C=O) groups excluding carboxylic acids is 1. The van der Waals surface area contributed by atoms with Gasteiger partial charge in [-0.05, 0) is 50.1 Å². The standard InChI is InChI=1S/C29H35FN6O/c1-20(2)34-16-29(17-34)18-35(19-29)23-5-3-21(4-6-23)22-13-27-26(7-8-31-36(27)15-22)32-9-11-33(12-10-32)28(37)24-14-25(24)30/h3-8,13,15,20,24-25H,9-12,14,16-19H2,1-2H3/t24-,25-/m0/s1. The highest BCUT2D eigenvalue weighted by molar-refractivity contribution is 5.83. The maximum Gasteiger partial charge on any atom is 0.228 e. The first-order chi connectivity index (χ1) is 17.9. The summed E-state index contributed by atoms with van der Waals surface area (Å²) in [5.41, 5.74) is 6.34. The number of fused-ring (bicyclic) bond motifs is 1. The van der Waals surface area contributed by atoms with Crippen LogP contribution < -0.4 is 9.80 Å². The van der Waals surface area contributed by atoms with E-state index in [2.05, 4.69) is 76.2 Å². The summed E-state index contributed by atoms with van der Waals surface area (Å²) in [7, 11) is 0. The topological polar surface area (TPSA) is 47.3 Å². The van der Waals surface area contributed by atoms with E-state index in [-0.39, 0.29) is 5.91 Å². The van der Waals surface area contributed by atoms with Crippen molar-refractivity contribution in [2.75, 3.05) is 62.2 Å². The first-order valence-electron chi connectivity index (χ1n) is 13.6. The van der Waals surface area contributed by atoms with Crippen LogP contribution in [0.4, 0.5) is 15.8 Å². The summed E-state index contributed by atoms with van der Waals surface area (Å²) in [6.45, 7) is 12.1. The van der Waals surface area contributed by atoms with E-state index in [4.69, 9.17) is 0 Å². The molecular formula is C29H35FN6O. The number of amides is 1. The van der Waals surface area contributed by atoms with E-state index < -0.39 is 12.1 Å². The van der Waals surface area contributed by atoms with Gasteiger partial charge in [-0.3, -0.25) is 9.69 Å². The summed E-state index contributed by atoms with van der Waals surface area (Å²) in [6.07, 6.45) is 3.40. The predicted octanol–water partition coefficient (Wildman–Crippen LogP) is 3.54. The van der Waals surface area contributed by atoms with Crippen molar-refractivity contribution in [1.29, 1.82) is 0 Å². The molecule has 5 heterocycles. The molecular weight excluding hydrogens is 467 g/mol. The second kappa shape index (κ2) is 8.45. The molecule has 0 bridgehead atoms. The molecule has 8 heteroatoms. The molecule has 194 valence electrons. The minimum Gasteiger partial charge on any atom is -0.370 e. The molecule has 1 spiro atoms. The van der Waals surface area contributed by atoms with Crippen molar-refractivity contribution in [2.24, 2.45) is 11.3 Å². The Labute approximate surface area is 217 Å². The van der Waals surface area contributed by atoms with Crippen LogP contribution in [0.3, 0.4) is 0 Å². The fourth-order valence-corrected chi connectivity index (χ4v) is 6.44. The van der Waals surface area contributed by atoms with E-state index in [9.17, 15) is 9.18 Å². The smallest absolute Gasteiger partial charge is 0.228 e. The monoisotopic (exact) mass is 502 g/mol. The van der Waals surface area contributed by atoms with Gasteiger partial charge >= 0.3 is 0 Å². The van der Waals surface area contributed by atoms with Crippen molar-refractivity contribution >= 4 is 22.8 Å². The Balaban J connectivity index is 1.03. The maximum absolute atomic E-state index is 13.3. The molecule has 3 saturated heterocycles. The minimum absolute atomic E-state index is 0.0148. The summed E-state index contributed by atoms with van der Waals surface area (Å²) in [5.74, 6) is -0.409. The van der Waals surface area contributed by atoms with Crippen LogP contribution in [0.25, 0.3) is 16.6 Å². The maximum atomic E-state index is 13.3. The Hall–Kier alpha value is -3.13. The molecule has 37 heavy (non-hydrogen) atoms. The van der Waals surface area contributed by atoms with Crippen LogP contribution in [0.15, 0.2) is 48.8 Å². The van der Waals surface area contributed by atoms with E-state index in [1.807, 2.05) is 15.6 Å². The van der Waals surface area contributed by atoms with Gasteiger partial charge < -0.3 is 14.7 Å². The van der Waals surface area contributed by atoms with E-state index in [1.165, 1.54) is 24.3 Å². The number of alkyl halides is 1. The molecule has 0 N–H and O–H groups in total. The van der Waals surface area contributed by atoms with Gasteiger partial charge in [-0.15, -0.1) is 0 Å². The summed E-state index contributed by atoms with van der Waals surface area (Å²) in [4.78, 5) is 21.6. The lowest BCUT2D eigenvalue weighted by Gasteiger charge is -2.62. The summed E-state index contributed by atoms with van der Waals surface area (Å²) in [6, 6.07) is 13.8. The molecule has 4 aliphatic rings. The van der Waals surface area contributed by atoms with Crippen LogP contribution in [0, 0.1) is 11.3 Å². The third kappa shape index (κ3) is 3.97. The molecule has 3 aromatic rings. The largest absolute Gasteiger partial charge is 0.370 e. The Morgan fingerprint density at radius 3 is 2.32 bits per heavy atom. The predicted molar refractivity (Wildman–Crippen MR) is 144 cm³/mol. The molecule has 1 saturated carbocycles. The number of anilines is 2. The highest BCUT2D eigenvalue weighted by atomic mass is 19.1. The van der Waals surface area contributed by atoms with Crippen LogP contribution in [0.2, 0.25) is 0 Å². The quantitative estimate of drug-likeness (QED) is 0.534. The highest BCUT2D eigenvalue weighted by Gasteiger charge is 2.52.